The summed E-state index contributed by atoms with van der Waals surface area (Å²) in [5, 5.41) is 10.2. The van der Waals surface area contributed by atoms with E-state index in [1.54, 1.807) is 25.1 Å². The van der Waals surface area contributed by atoms with Crippen LogP contribution in [0.5, 0.6) is 0 Å². The van der Waals surface area contributed by atoms with E-state index < -0.39 is 18.1 Å². The number of ether oxygens (including phenoxy) is 1. The van der Waals surface area contributed by atoms with Gasteiger partial charge in [0, 0.05) is 11.1 Å². The third kappa shape index (κ3) is 4.00. The van der Waals surface area contributed by atoms with Gasteiger partial charge in [0.1, 0.15) is 0 Å². The third-order valence-corrected chi connectivity index (χ3v) is 2.72. The van der Waals surface area contributed by atoms with Crippen molar-refractivity contribution in [1.82, 2.24) is 0 Å². The Bertz CT molecular complexity index is 384. The number of halogens is 1. The molecule has 0 aromatic heterocycles. The van der Waals surface area contributed by atoms with Crippen LogP contribution in [-0.4, -0.2) is 29.8 Å². The molecule has 0 spiro atoms. The van der Waals surface area contributed by atoms with Crippen LogP contribution in [0.4, 0.5) is 0 Å². The summed E-state index contributed by atoms with van der Waals surface area (Å²) >= 11 is 5.96. The first-order chi connectivity index (χ1) is 8.06. The molecule has 0 fully saturated rings. The highest BCUT2D eigenvalue weighted by Crippen LogP contribution is 2.17. The molecule has 0 heterocycles. The molecular formula is C12H16ClNO3. The van der Waals surface area contributed by atoms with Gasteiger partial charge in [-0.1, -0.05) is 29.8 Å². The summed E-state index contributed by atoms with van der Waals surface area (Å²) in [6.07, 6.45) is -1.01. The summed E-state index contributed by atoms with van der Waals surface area (Å²) in [4.78, 5) is 11.3. The zero-order chi connectivity index (χ0) is 12.8. The molecule has 0 bridgehead atoms. The Hall–Kier alpha value is -1.10. The second-order valence-electron chi connectivity index (χ2n) is 3.66. The second kappa shape index (κ2) is 6.59. The number of carbonyl (C=O) groups is 1. The zero-order valence-corrected chi connectivity index (χ0v) is 10.4. The largest absolute Gasteiger partial charge is 0.464 e. The molecule has 0 aliphatic carbocycles. The van der Waals surface area contributed by atoms with Crippen LogP contribution in [0.15, 0.2) is 24.3 Å². The van der Waals surface area contributed by atoms with Crippen molar-refractivity contribution in [3.05, 3.63) is 34.9 Å². The predicted octanol–water partition coefficient (Wildman–Crippen LogP) is 1.13. The van der Waals surface area contributed by atoms with E-state index in [-0.39, 0.29) is 6.61 Å². The molecule has 3 N–H and O–H groups in total. The fraction of sp³-hybridized carbons (Fsp3) is 0.417. The highest BCUT2D eigenvalue weighted by Gasteiger charge is 2.24. The molecule has 0 radical (unpaired) electrons. The Balaban J connectivity index is 2.63. The molecule has 0 aliphatic heterocycles. The fourth-order valence-corrected chi connectivity index (χ4v) is 1.64. The van der Waals surface area contributed by atoms with Gasteiger partial charge in [-0.05, 0) is 25.0 Å². The van der Waals surface area contributed by atoms with E-state index in [1.165, 1.54) is 0 Å². The molecule has 2 atom stereocenters. The summed E-state index contributed by atoms with van der Waals surface area (Å²) < 4.78 is 4.69. The van der Waals surface area contributed by atoms with Gasteiger partial charge in [-0.2, -0.15) is 0 Å². The Morgan fingerprint density at radius 1 is 1.53 bits per heavy atom. The minimum Gasteiger partial charge on any atom is -0.464 e. The minimum absolute atomic E-state index is 0.217. The molecule has 0 amide bonds. The Morgan fingerprint density at radius 2 is 2.18 bits per heavy atom. The van der Waals surface area contributed by atoms with Crippen molar-refractivity contribution in [2.45, 2.75) is 25.5 Å². The average Bonchev–Trinajstić information content (AvgIpc) is 2.31. The maximum absolute atomic E-state index is 11.3. The standard InChI is InChI=1S/C12H16ClNO3/c1-2-17-12(16)11(15)10(14)7-8-5-3-4-6-9(8)13/h3-6,10-11,15H,2,7,14H2,1H3. The van der Waals surface area contributed by atoms with Crippen LogP contribution in [0, 0.1) is 0 Å². The Kier molecular flexibility index (Phi) is 5.41. The van der Waals surface area contributed by atoms with Crippen LogP contribution in [0.25, 0.3) is 0 Å². The number of esters is 1. The maximum Gasteiger partial charge on any atom is 0.336 e. The highest BCUT2D eigenvalue weighted by atomic mass is 35.5. The van der Waals surface area contributed by atoms with Crippen molar-refractivity contribution in [3.8, 4) is 0 Å². The predicted molar refractivity (Wildman–Crippen MR) is 65.8 cm³/mol. The molecule has 2 unspecified atom stereocenters. The SMILES string of the molecule is CCOC(=O)C(O)C(N)Cc1ccccc1Cl. The van der Waals surface area contributed by atoms with Gasteiger partial charge in [0.05, 0.1) is 6.61 Å². The smallest absolute Gasteiger partial charge is 0.336 e. The van der Waals surface area contributed by atoms with Crippen molar-refractivity contribution < 1.29 is 14.6 Å². The monoisotopic (exact) mass is 257 g/mol. The summed E-state index contributed by atoms with van der Waals surface area (Å²) in [6, 6.07) is 6.44. The van der Waals surface area contributed by atoms with Crippen LogP contribution in [0.1, 0.15) is 12.5 Å². The van der Waals surface area contributed by atoms with Crippen LogP contribution >= 0.6 is 11.6 Å². The van der Waals surface area contributed by atoms with E-state index in [9.17, 15) is 9.90 Å². The lowest BCUT2D eigenvalue weighted by Crippen LogP contribution is -2.43. The second-order valence-corrected chi connectivity index (χ2v) is 4.06. The van der Waals surface area contributed by atoms with Crippen molar-refractivity contribution in [1.29, 1.82) is 0 Å². The molecule has 17 heavy (non-hydrogen) atoms. The molecule has 1 rings (SSSR count). The number of benzene rings is 1. The van der Waals surface area contributed by atoms with Gasteiger partial charge < -0.3 is 15.6 Å². The van der Waals surface area contributed by atoms with Gasteiger partial charge in [-0.3, -0.25) is 0 Å². The number of hydrogen-bond donors (Lipinski definition) is 2. The van der Waals surface area contributed by atoms with Crippen molar-refractivity contribution in [2.75, 3.05) is 6.61 Å². The van der Waals surface area contributed by atoms with Gasteiger partial charge in [-0.15, -0.1) is 0 Å². The Morgan fingerprint density at radius 3 is 2.76 bits per heavy atom. The van der Waals surface area contributed by atoms with E-state index in [0.29, 0.717) is 11.4 Å². The molecule has 4 nitrogen and oxygen atoms in total. The van der Waals surface area contributed by atoms with E-state index in [4.69, 9.17) is 22.1 Å². The van der Waals surface area contributed by atoms with E-state index in [2.05, 4.69) is 0 Å². The maximum atomic E-state index is 11.3. The van der Waals surface area contributed by atoms with Gasteiger partial charge in [-0.25, -0.2) is 4.79 Å². The normalized spacial score (nSPS) is 14.1. The number of nitrogens with two attached hydrogens (primary N) is 1. The lowest BCUT2D eigenvalue weighted by atomic mass is 10.0. The first-order valence-electron chi connectivity index (χ1n) is 5.40. The van der Waals surface area contributed by atoms with Crippen LogP contribution < -0.4 is 5.73 Å². The quantitative estimate of drug-likeness (QED) is 0.776. The summed E-state index contributed by atoms with van der Waals surface area (Å²) in [7, 11) is 0. The van der Waals surface area contributed by atoms with Gasteiger partial charge in [0.15, 0.2) is 6.10 Å². The van der Waals surface area contributed by atoms with Gasteiger partial charge in [0.2, 0.25) is 0 Å². The summed E-state index contributed by atoms with van der Waals surface area (Å²) in [5.41, 5.74) is 6.54. The number of hydrogen-bond acceptors (Lipinski definition) is 4. The van der Waals surface area contributed by atoms with Crippen molar-refractivity contribution in [3.63, 3.8) is 0 Å². The van der Waals surface area contributed by atoms with Crippen LogP contribution in [0.2, 0.25) is 5.02 Å². The molecule has 0 aliphatic rings. The fourth-order valence-electron chi connectivity index (χ4n) is 1.43. The Labute approximate surface area is 105 Å². The molecular weight excluding hydrogens is 242 g/mol. The van der Waals surface area contributed by atoms with E-state index >= 15 is 0 Å². The minimum atomic E-state index is -1.33. The molecule has 1 aromatic carbocycles. The lowest BCUT2D eigenvalue weighted by Gasteiger charge is -2.17. The third-order valence-electron chi connectivity index (χ3n) is 2.35. The van der Waals surface area contributed by atoms with Crippen molar-refractivity contribution in [2.24, 2.45) is 5.73 Å². The molecule has 1 aromatic rings. The van der Waals surface area contributed by atoms with Gasteiger partial charge >= 0.3 is 5.97 Å². The topological polar surface area (TPSA) is 72.5 Å². The first kappa shape index (κ1) is 14.0. The van der Waals surface area contributed by atoms with Gasteiger partial charge in [0.25, 0.3) is 0 Å². The number of aliphatic hydroxyl groups is 1. The van der Waals surface area contributed by atoms with Crippen molar-refractivity contribution >= 4 is 17.6 Å². The first-order valence-corrected chi connectivity index (χ1v) is 5.77. The molecule has 5 heteroatoms. The number of aliphatic hydroxyl groups excluding tert-OH is 1. The number of rotatable bonds is 5. The highest BCUT2D eigenvalue weighted by molar-refractivity contribution is 6.31. The molecule has 0 saturated heterocycles. The molecule has 94 valence electrons. The molecule has 0 saturated carbocycles. The van der Waals surface area contributed by atoms with Crippen LogP contribution in [0.3, 0.4) is 0 Å². The van der Waals surface area contributed by atoms with E-state index in [0.717, 1.165) is 5.56 Å². The average molecular weight is 258 g/mol. The zero-order valence-electron chi connectivity index (χ0n) is 9.60. The van der Waals surface area contributed by atoms with Crippen LogP contribution in [-0.2, 0) is 16.0 Å². The number of carbonyl (C=O) groups excluding carboxylic acids is 1. The lowest BCUT2D eigenvalue weighted by molar-refractivity contribution is -0.154. The van der Waals surface area contributed by atoms with E-state index in [1.807, 2.05) is 6.07 Å². The summed E-state index contributed by atoms with van der Waals surface area (Å²) in [6.45, 7) is 1.89. The summed E-state index contributed by atoms with van der Waals surface area (Å²) in [5.74, 6) is -0.702.